The Morgan fingerprint density at radius 1 is 1.50 bits per heavy atom. The van der Waals surface area contributed by atoms with Crippen molar-refractivity contribution in [2.75, 3.05) is 6.61 Å². The third-order valence-electron chi connectivity index (χ3n) is 3.59. The predicted molar refractivity (Wildman–Crippen MR) is 75.2 cm³/mol. The first-order valence-electron chi connectivity index (χ1n) is 6.64. The number of ketones is 1. The van der Waals surface area contributed by atoms with Gasteiger partial charge in [0.25, 0.3) is 0 Å². The minimum atomic E-state index is 0.112. The van der Waals surface area contributed by atoms with E-state index in [1.54, 1.807) is 0 Å². The summed E-state index contributed by atoms with van der Waals surface area (Å²) in [6.07, 6.45) is 3.65. The molecule has 1 heterocycles. The first kappa shape index (κ1) is 13.8. The number of Topliss-reactive ketones (excluding diaryl/α,β-unsaturated/α-hetero) is 1. The summed E-state index contributed by atoms with van der Waals surface area (Å²) in [5.74, 6) is 0.802. The Labute approximate surface area is 113 Å². The van der Waals surface area contributed by atoms with Gasteiger partial charge in [0.15, 0.2) is 5.78 Å². The summed E-state index contributed by atoms with van der Waals surface area (Å²) in [5, 5.41) is 1.93. The lowest BCUT2D eigenvalue weighted by atomic mass is 9.71. The van der Waals surface area contributed by atoms with Crippen molar-refractivity contribution < 1.29 is 9.53 Å². The molecular weight excluding hydrogens is 244 g/mol. The molecule has 0 radical (unpaired) electrons. The van der Waals surface area contributed by atoms with E-state index >= 15 is 0 Å². The van der Waals surface area contributed by atoms with Crippen molar-refractivity contribution in [3.05, 3.63) is 22.4 Å². The third kappa shape index (κ3) is 3.66. The van der Waals surface area contributed by atoms with Crippen molar-refractivity contribution in [2.45, 2.75) is 46.1 Å². The van der Waals surface area contributed by atoms with Crippen molar-refractivity contribution in [3.8, 4) is 0 Å². The van der Waals surface area contributed by atoms with Gasteiger partial charge in [-0.15, -0.1) is 11.3 Å². The van der Waals surface area contributed by atoms with Crippen LogP contribution < -0.4 is 0 Å². The van der Waals surface area contributed by atoms with Crippen LogP contribution in [-0.2, 0) is 4.74 Å². The summed E-state index contributed by atoms with van der Waals surface area (Å²) in [4.78, 5) is 12.7. The van der Waals surface area contributed by atoms with Crippen LogP contribution in [0.25, 0.3) is 0 Å². The number of thiophene rings is 1. The molecule has 3 heteroatoms. The molecule has 1 aliphatic rings. The second-order valence-corrected chi connectivity index (χ2v) is 7.19. The fourth-order valence-corrected chi connectivity index (χ4v) is 3.74. The number of rotatable bonds is 4. The van der Waals surface area contributed by atoms with E-state index in [2.05, 4.69) is 20.8 Å². The highest BCUT2D eigenvalue weighted by molar-refractivity contribution is 7.12. The Hall–Kier alpha value is -0.670. The second-order valence-electron chi connectivity index (χ2n) is 6.25. The zero-order valence-electron chi connectivity index (χ0n) is 11.4. The molecule has 0 N–H and O–H groups in total. The molecule has 2 nitrogen and oxygen atoms in total. The first-order chi connectivity index (χ1) is 8.46. The predicted octanol–water partition coefficient (Wildman–Crippen LogP) is 4.16. The summed E-state index contributed by atoms with van der Waals surface area (Å²) in [6.45, 7) is 7.09. The molecule has 0 aromatic carbocycles. The lowest BCUT2D eigenvalue weighted by Crippen LogP contribution is -2.33. The molecule has 1 aliphatic carbocycles. The largest absolute Gasteiger partial charge is 0.370 e. The maximum absolute atomic E-state index is 11.9. The maximum atomic E-state index is 11.9. The van der Waals surface area contributed by atoms with Gasteiger partial charge in [-0.05, 0) is 42.0 Å². The highest BCUT2D eigenvalue weighted by Gasteiger charge is 2.32. The Kier molecular flexibility index (Phi) is 4.23. The molecule has 2 unspecified atom stereocenters. The molecule has 0 bridgehead atoms. The van der Waals surface area contributed by atoms with E-state index in [1.165, 1.54) is 17.8 Å². The summed E-state index contributed by atoms with van der Waals surface area (Å²) < 4.78 is 5.83. The van der Waals surface area contributed by atoms with E-state index in [0.717, 1.165) is 17.7 Å². The summed E-state index contributed by atoms with van der Waals surface area (Å²) in [7, 11) is 0. The quantitative estimate of drug-likeness (QED) is 0.765. The fraction of sp³-hybridized carbons (Fsp3) is 0.667. The van der Waals surface area contributed by atoms with Crippen molar-refractivity contribution in [1.29, 1.82) is 0 Å². The van der Waals surface area contributed by atoms with Gasteiger partial charge in [0.05, 0.1) is 11.0 Å². The van der Waals surface area contributed by atoms with Crippen LogP contribution in [0.3, 0.4) is 0 Å². The highest BCUT2D eigenvalue weighted by Crippen LogP contribution is 2.39. The number of hydrogen-bond acceptors (Lipinski definition) is 3. The topological polar surface area (TPSA) is 26.3 Å². The average molecular weight is 266 g/mol. The van der Waals surface area contributed by atoms with Crippen molar-refractivity contribution in [1.82, 2.24) is 0 Å². The molecule has 1 fully saturated rings. The van der Waals surface area contributed by atoms with Crippen LogP contribution in [0.15, 0.2) is 17.5 Å². The minimum absolute atomic E-state index is 0.112. The summed E-state index contributed by atoms with van der Waals surface area (Å²) in [5.41, 5.74) is 0.342. The minimum Gasteiger partial charge on any atom is -0.370 e. The van der Waals surface area contributed by atoms with Gasteiger partial charge in [-0.25, -0.2) is 0 Å². The Balaban J connectivity index is 1.85. The molecule has 0 amide bonds. The standard InChI is InChI=1S/C15H22O2S/c1-11-7-12(9-15(2,3)8-11)17-10-13(16)14-5-4-6-18-14/h4-6,11-12H,7-10H2,1-3H3. The van der Waals surface area contributed by atoms with Gasteiger partial charge in [-0.1, -0.05) is 26.8 Å². The fourth-order valence-electron chi connectivity index (χ4n) is 3.09. The number of carbonyl (C=O) groups is 1. The van der Waals surface area contributed by atoms with Crippen molar-refractivity contribution >= 4 is 17.1 Å². The monoisotopic (exact) mass is 266 g/mol. The highest BCUT2D eigenvalue weighted by atomic mass is 32.1. The average Bonchev–Trinajstić information content (AvgIpc) is 2.76. The van der Waals surface area contributed by atoms with Crippen LogP contribution in [0.1, 0.15) is 49.7 Å². The maximum Gasteiger partial charge on any atom is 0.198 e. The molecule has 2 atom stereocenters. The Morgan fingerprint density at radius 3 is 2.89 bits per heavy atom. The van der Waals surface area contributed by atoms with E-state index < -0.39 is 0 Å². The Morgan fingerprint density at radius 2 is 2.28 bits per heavy atom. The Bertz CT molecular complexity index is 395. The molecule has 0 spiro atoms. The number of carbonyl (C=O) groups excluding carboxylic acids is 1. The number of hydrogen-bond donors (Lipinski definition) is 0. The van der Waals surface area contributed by atoms with E-state index in [9.17, 15) is 4.79 Å². The first-order valence-corrected chi connectivity index (χ1v) is 7.52. The van der Waals surface area contributed by atoms with Gasteiger partial charge < -0.3 is 4.74 Å². The van der Waals surface area contributed by atoms with Gasteiger partial charge in [0.2, 0.25) is 0 Å². The van der Waals surface area contributed by atoms with Crippen LogP contribution in [0.4, 0.5) is 0 Å². The third-order valence-corrected chi connectivity index (χ3v) is 4.50. The molecule has 1 saturated carbocycles. The van der Waals surface area contributed by atoms with Gasteiger partial charge in [0, 0.05) is 0 Å². The van der Waals surface area contributed by atoms with Crippen LogP contribution in [0.5, 0.6) is 0 Å². The van der Waals surface area contributed by atoms with Gasteiger partial charge in [-0.2, -0.15) is 0 Å². The lowest BCUT2D eigenvalue weighted by Gasteiger charge is -2.38. The molecule has 18 heavy (non-hydrogen) atoms. The molecule has 0 aliphatic heterocycles. The van der Waals surface area contributed by atoms with Crippen LogP contribution in [0.2, 0.25) is 0 Å². The summed E-state index contributed by atoms with van der Waals surface area (Å²) in [6, 6.07) is 3.77. The molecule has 1 aromatic heterocycles. The van der Waals surface area contributed by atoms with Gasteiger partial charge in [0.1, 0.15) is 6.61 Å². The van der Waals surface area contributed by atoms with Crippen molar-refractivity contribution in [2.24, 2.45) is 11.3 Å². The molecular formula is C15H22O2S. The van der Waals surface area contributed by atoms with Gasteiger partial charge in [-0.3, -0.25) is 4.79 Å². The normalized spacial score (nSPS) is 27.1. The zero-order chi connectivity index (χ0) is 13.2. The van der Waals surface area contributed by atoms with E-state index in [4.69, 9.17) is 4.74 Å². The second kappa shape index (κ2) is 5.54. The van der Waals surface area contributed by atoms with Gasteiger partial charge >= 0.3 is 0 Å². The lowest BCUT2D eigenvalue weighted by molar-refractivity contribution is -0.0166. The van der Waals surface area contributed by atoms with E-state index in [0.29, 0.717) is 11.3 Å². The van der Waals surface area contributed by atoms with Crippen molar-refractivity contribution in [3.63, 3.8) is 0 Å². The molecule has 100 valence electrons. The van der Waals surface area contributed by atoms with Crippen LogP contribution >= 0.6 is 11.3 Å². The van der Waals surface area contributed by atoms with E-state index in [1.807, 2.05) is 17.5 Å². The molecule has 0 saturated heterocycles. The van der Waals surface area contributed by atoms with Crippen LogP contribution in [0, 0.1) is 11.3 Å². The molecule has 2 rings (SSSR count). The zero-order valence-corrected chi connectivity index (χ0v) is 12.3. The summed E-state index contributed by atoms with van der Waals surface area (Å²) >= 11 is 1.49. The SMILES string of the molecule is CC1CC(OCC(=O)c2cccs2)CC(C)(C)C1. The number of ether oxygens (including phenoxy) is 1. The molecule has 1 aromatic rings. The van der Waals surface area contributed by atoms with Crippen LogP contribution in [-0.4, -0.2) is 18.5 Å². The smallest absolute Gasteiger partial charge is 0.198 e. The van der Waals surface area contributed by atoms with E-state index in [-0.39, 0.29) is 18.5 Å².